The maximum absolute atomic E-state index is 11.5. The van der Waals surface area contributed by atoms with Crippen LogP contribution < -0.4 is 5.56 Å². The lowest BCUT2D eigenvalue weighted by molar-refractivity contribution is 0.452. The van der Waals surface area contributed by atoms with E-state index in [0.717, 1.165) is 17.2 Å². The number of aromatic hydroxyl groups is 1. The molecule has 4 nitrogen and oxygen atoms in total. The monoisotopic (exact) mass is 190 g/mol. The molecule has 1 N–H and O–H groups in total. The van der Waals surface area contributed by atoms with E-state index in [2.05, 4.69) is 4.98 Å². The molecule has 0 aromatic carbocycles. The Morgan fingerprint density at radius 2 is 2.07 bits per heavy atom. The smallest absolute Gasteiger partial charge is 0.261 e. The quantitative estimate of drug-likeness (QED) is 0.674. The van der Waals surface area contributed by atoms with Crippen molar-refractivity contribution in [1.29, 1.82) is 0 Å². The third-order valence-electron chi connectivity index (χ3n) is 2.07. The lowest BCUT2D eigenvalue weighted by Crippen LogP contribution is -2.14. The standard InChI is InChI=1S/C10H10N2O2/c1-6-3-7(2)10-11-8(13)4-9(14)12(10)5-6/h3-5,13H,1-2H3. The molecule has 4 heteroatoms. The van der Waals surface area contributed by atoms with Crippen LogP contribution in [-0.4, -0.2) is 14.5 Å². The van der Waals surface area contributed by atoms with Gasteiger partial charge < -0.3 is 5.11 Å². The molecule has 0 aliphatic rings. The molecule has 72 valence electrons. The summed E-state index contributed by atoms with van der Waals surface area (Å²) in [7, 11) is 0. The summed E-state index contributed by atoms with van der Waals surface area (Å²) in [5.74, 6) is -0.234. The van der Waals surface area contributed by atoms with Crippen molar-refractivity contribution in [3.8, 4) is 5.88 Å². The van der Waals surface area contributed by atoms with Crippen molar-refractivity contribution in [2.45, 2.75) is 13.8 Å². The summed E-state index contributed by atoms with van der Waals surface area (Å²) in [6.07, 6.45) is 1.71. The van der Waals surface area contributed by atoms with E-state index in [-0.39, 0.29) is 11.4 Å². The van der Waals surface area contributed by atoms with E-state index < -0.39 is 0 Å². The van der Waals surface area contributed by atoms with Crippen molar-refractivity contribution in [2.24, 2.45) is 0 Å². The Bertz CT molecular complexity index is 558. The second kappa shape index (κ2) is 2.83. The van der Waals surface area contributed by atoms with Gasteiger partial charge in [-0.15, -0.1) is 0 Å². The third kappa shape index (κ3) is 1.25. The first-order chi connectivity index (χ1) is 6.58. The fourth-order valence-electron chi connectivity index (χ4n) is 1.53. The SMILES string of the molecule is Cc1cc(C)c2nc(O)cc(=O)n2c1. The van der Waals surface area contributed by atoms with Crippen LogP contribution in [0.4, 0.5) is 0 Å². The molecule has 0 amide bonds. The van der Waals surface area contributed by atoms with E-state index in [9.17, 15) is 9.90 Å². The molecular formula is C10H10N2O2. The Balaban J connectivity index is 3.02. The molecule has 2 rings (SSSR count). The Labute approximate surface area is 80.5 Å². The fourth-order valence-corrected chi connectivity index (χ4v) is 1.53. The van der Waals surface area contributed by atoms with E-state index in [1.807, 2.05) is 19.9 Å². The van der Waals surface area contributed by atoms with Crippen LogP contribution in [0.3, 0.4) is 0 Å². The first-order valence-electron chi connectivity index (χ1n) is 4.27. The molecule has 0 saturated carbocycles. The van der Waals surface area contributed by atoms with Crippen molar-refractivity contribution in [3.05, 3.63) is 39.8 Å². The number of nitrogens with zero attached hydrogens (tertiary/aromatic N) is 2. The van der Waals surface area contributed by atoms with Gasteiger partial charge in [0, 0.05) is 6.20 Å². The van der Waals surface area contributed by atoms with Crippen molar-refractivity contribution < 1.29 is 5.11 Å². The van der Waals surface area contributed by atoms with Crippen LogP contribution >= 0.6 is 0 Å². The highest BCUT2D eigenvalue weighted by molar-refractivity contribution is 5.49. The Morgan fingerprint density at radius 3 is 2.79 bits per heavy atom. The van der Waals surface area contributed by atoms with Gasteiger partial charge in [0.2, 0.25) is 5.88 Å². The van der Waals surface area contributed by atoms with Gasteiger partial charge >= 0.3 is 0 Å². The lowest BCUT2D eigenvalue weighted by atomic mass is 10.2. The molecule has 0 atom stereocenters. The zero-order chi connectivity index (χ0) is 10.3. The van der Waals surface area contributed by atoms with E-state index in [0.29, 0.717) is 5.65 Å². The van der Waals surface area contributed by atoms with Gasteiger partial charge in [0.25, 0.3) is 5.56 Å². The summed E-state index contributed by atoms with van der Waals surface area (Å²) < 4.78 is 1.43. The zero-order valence-electron chi connectivity index (χ0n) is 7.98. The minimum atomic E-state index is -0.265. The number of pyridine rings is 1. The molecule has 0 spiro atoms. The summed E-state index contributed by atoms with van der Waals surface area (Å²) in [5, 5.41) is 9.18. The minimum absolute atomic E-state index is 0.234. The Hall–Kier alpha value is -1.84. The first kappa shape index (κ1) is 8.74. The van der Waals surface area contributed by atoms with Gasteiger partial charge in [0.1, 0.15) is 5.65 Å². The maximum Gasteiger partial charge on any atom is 0.261 e. The van der Waals surface area contributed by atoms with Gasteiger partial charge in [0.15, 0.2) is 0 Å². The largest absolute Gasteiger partial charge is 0.493 e. The van der Waals surface area contributed by atoms with E-state index in [4.69, 9.17) is 0 Å². The summed E-state index contributed by atoms with van der Waals surface area (Å²) in [6, 6.07) is 3.02. The molecule has 0 saturated heterocycles. The van der Waals surface area contributed by atoms with Crippen LogP contribution in [0.5, 0.6) is 5.88 Å². The van der Waals surface area contributed by atoms with Crippen LogP contribution in [0, 0.1) is 13.8 Å². The van der Waals surface area contributed by atoms with Gasteiger partial charge in [-0.3, -0.25) is 9.20 Å². The third-order valence-corrected chi connectivity index (χ3v) is 2.07. The summed E-state index contributed by atoms with van der Waals surface area (Å²) in [5.41, 5.74) is 2.10. The van der Waals surface area contributed by atoms with Crippen molar-refractivity contribution in [1.82, 2.24) is 9.38 Å². The number of hydrogen-bond acceptors (Lipinski definition) is 3. The number of fused-ring (bicyclic) bond motifs is 1. The Kier molecular flexibility index (Phi) is 1.77. The molecule has 0 unspecified atom stereocenters. The summed E-state index contributed by atoms with van der Waals surface area (Å²) in [6.45, 7) is 3.76. The van der Waals surface area contributed by atoms with E-state index in [1.54, 1.807) is 6.20 Å². The summed E-state index contributed by atoms with van der Waals surface area (Å²) in [4.78, 5) is 15.4. The van der Waals surface area contributed by atoms with E-state index >= 15 is 0 Å². The van der Waals surface area contributed by atoms with Crippen LogP contribution in [-0.2, 0) is 0 Å². The zero-order valence-corrected chi connectivity index (χ0v) is 7.98. The number of aryl methyl sites for hydroxylation is 2. The number of hydrogen-bond donors (Lipinski definition) is 1. The fraction of sp³-hybridized carbons (Fsp3) is 0.200. The number of aromatic nitrogens is 2. The van der Waals surface area contributed by atoms with Crippen LogP contribution in [0.25, 0.3) is 5.65 Å². The van der Waals surface area contributed by atoms with Crippen LogP contribution in [0.2, 0.25) is 0 Å². The molecule has 0 aliphatic heterocycles. The molecular weight excluding hydrogens is 180 g/mol. The normalized spacial score (nSPS) is 10.7. The second-order valence-electron chi connectivity index (χ2n) is 3.35. The van der Waals surface area contributed by atoms with Crippen LogP contribution in [0.15, 0.2) is 23.1 Å². The molecule has 2 aromatic heterocycles. The average Bonchev–Trinajstić information content (AvgIpc) is 2.07. The van der Waals surface area contributed by atoms with Gasteiger partial charge in [-0.05, 0) is 25.0 Å². The molecule has 0 aliphatic carbocycles. The van der Waals surface area contributed by atoms with E-state index in [1.165, 1.54) is 4.40 Å². The Morgan fingerprint density at radius 1 is 1.36 bits per heavy atom. The predicted octanol–water partition coefficient (Wildman–Crippen LogP) is 1.02. The van der Waals surface area contributed by atoms with Gasteiger partial charge in [-0.1, -0.05) is 6.07 Å². The average molecular weight is 190 g/mol. The van der Waals surface area contributed by atoms with Crippen molar-refractivity contribution in [2.75, 3.05) is 0 Å². The highest BCUT2D eigenvalue weighted by Crippen LogP contribution is 2.10. The van der Waals surface area contributed by atoms with Gasteiger partial charge in [0.05, 0.1) is 6.07 Å². The molecule has 0 radical (unpaired) electrons. The molecule has 2 aromatic rings. The van der Waals surface area contributed by atoms with Crippen LogP contribution in [0.1, 0.15) is 11.1 Å². The molecule has 0 fully saturated rings. The number of rotatable bonds is 0. The summed E-state index contributed by atoms with van der Waals surface area (Å²) >= 11 is 0. The lowest BCUT2D eigenvalue weighted by Gasteiger charge is -2.04. The van der Waals surface area contributed by atoms with Crippen molar-refractivity contribution >= 4 is 5.65 Å². The van der Waals surface area contributed by atoms with Gasteiger partial charge in [-0.25, -0.2) is 0 Å². The van der Waals surface area contributed by atoms with Crippen molar-refractivity contribution in [3.63, 3.8) is 0 Å². The minimum Gasteiger partial charge on any atom is -0.493 e. The first-order valence-corrected chi connectivity index (χ1v) is 4.27. The molecule has 0 bridgehead atoms. The molecule has 2 heterocycles. The predicted molar refractivity (Wildman–Crippen MR) is 52.6 cm³/mol. The maximum atomic E-state index is 11.5. The highest BCUT2D eigenvalue weighted by atomic mass is 16.3. The topological polar surface area (TPSA) is 54.6 Å². The molecule has 14 heavy (non-hydrogen) atoms. The highest BCUT2D eigenvalue weighted by Gasteiger charge is 2.03. The van der Waals surface area contributed by atoms with Gasteiger partial charge in [-0.2, -0.15) is 4.98 Å². The second-order valence-corrected chi connectivity index (χ2v) is 3.35.